The second-order valence-corrected chi connectivity index (χ2v) is 19.8. The first-order valence-electron chi connectivity index (χ1n) is 25.7. The van der Waals surface area contributed by atoms with Gasteiger partial charge in [-0.2, -0.15) is 0 Å². The molecule has 0 aliphatic heterocycles. The van der Waals surface area contributed by atoms with Crippen LogP contribution in [-0.2, 0) is 0 Å². The maximum atomic E-state index is 2.46. The van der Waals surface area contributed by atoms with Crippen molar-refractivity contribution in [2.45, 2.75) is 0 Å². The van der Waals surface area contributed by atoms with Crippen molar-refractivity contribution < 1.29 is 0 Å². The Hall–Kier alpha value is -9.62. The molecule has 0 radical (unpaired) electrons. The molecule has 0 N–H and O–H groups in total. The molecule has 0 amide bonds. The molecular weight excluding hydrogens is 889 g/mol. The molecular formula is C74H46. The Morgan fingerprint density at radius 1 is 0.135 bits per heavy atom. The predicted octanol–water partition coefficient (Wildman–Crippen LogP) is 20.6. The molecule has 13 aromatic carbocycles. The summed E-state index contributed by atoms with van der Waals surface area (Å²) in [6.45, 7) is 0. The molecule has 0 saturated heterocycles. The molecule has 342 valence electrons. The number of hydrogen-bond donors (Lipinski definition) is 0. The highest BCUT2D eigenvalue weighted by Gasteiger charge is 2.36. The number of hydrogen-bond acceptors (Lipinski definition) is 0. The smallest absolute Gasteiger partial charge is 0.000740 e. The topological polar surface area (TPSA) is 0 Å². The first-order chi connectivity index (χ1) is 36.7. The van der Waals surface area contributed by atoms with E-state index in [0.717, 1.165) is 0 Å². The third-order valence-corrected chi connectivity index (χ3v) is 15.7. The molecule has 0 atom stereocenters. The molecule has 0 spiro atoms. The van der Waals surface area contributed by atoms with Crippen molar-refractivity contribution in [3.8, 4) is 134 Å². The number of rotatable bonds is 8. The van der Waals surface area contributed by atoms with E-state index in [0.29, 0.717) is 0 Å². The fraction of sp³-hybridized carbons (Fsp3) is 0. The highest BCUT2D eigenvalue weighted by atomic mass is 14.4. The van der Waals surface area contributed by atoms with Crippen molar-refractivity contribution in [3.05, 3.63) is 279 Å². The summed E-state index contributed by atoms with van der Waals surface area (Å²) in [7, 11) is 0. The first kappa shape index (κ1) is 42.1. The molecule has 13 aromatic rings. The summed E-state index contributed by atoms with van der Waals surface area (Å²) in [6, 6.07) is 104. The van der Waals surface area contributed by atoms with Gasteiger partial charge in [-0.05, 0) is 179 Å². The SMILES string of the molecule is c1ccc(-c2cccc(-c3ccc(-c4cccc(-c5ccccc5)c4)c4c3-c3ccc5c6c(ccc-4c36)-c3c-5c(-c4cccc(-c5ccccc5)c4)c4ccccc4c3-c3cccc(-c4ccccc4)c3)c2)cc1. The van der Waals surface area contributed by atoms with Crippen molar-refractivity contribution in [2.75, 3.05) is 0 Å². The Kier molecular flexibility index (Phi) is 9.68. The monoisotopic (exact) mass is 934 g/mol. The fourth-order valence-electron chi connectivity index (χ4n) is 12.5. The Morgan fingerprint density at radius 2 is 0.378 bits per heavy atom. The van der Waals surface area contributed by atoms with Crippen molar-refractivity contribution >= 4 is 21.5 Å². The summed E-state index contributed by atoms with van der Waals surface area (Å²) < 4.78 is 0. The van der Waals surface area contributed by atoms with E-state index in [1.165, 1.54) is 155 Å². The van der Waals surface area contributed by atoms with Crippen LogP contribution in [0.15, 0.2) is 279 Å². The number of benzene rings is 13. The van der Waals surface area contributed by atoms with Crippen LogP contribution in [0.5, 0.6) is 0 Å². The predicted molar refractivity (Wildman–Crippen MR) is 314 cm³/mol. The highest BCUT2D eigenvalue weighted by Crippen LogP contribution is 2.63. The summed E-state index contributed by atoms with van der Waals surface area (Å²) in [6.07, 6.45) is 0. The molecule has 0 heterocycles. The maximum absolute atomic E-state index is 2.46. The van der Waals surface area contributed by atoms with Crippen LogP contribution in [0.1, 0.15) is 0 Å². The van der Waals surface area contributed by atoms with E-state index in [1.807, 2.05) is 0 Å². The molecule has 74 heavy (non-hydrogen) atoms. The van der Waals surface area contributed by atoms with E-state index in [1.54, 1.807) is 0 Å². The third kappa shape index (κ3) is 6.62. The van der Waals surface area contributed by atoms with Crippen molar-refractivity contribution in [1.29, 1.82) is 0 Å². The zero-order valence-corrected chi connectivity index (χ0v) is 40.6. The molecule has 0 aromatic heterocycles. The van der Waals surface area contributed by atoms with Gasteiger partial charge in [0.2, 0.25) is 0 Å². The van der Waals surface area contributed by atoms with Gasteiger partial charge >= 0.3 is 0 Å². The van der Waals surface area contributed by atoms with E-state index in [2.05, 4.69) is 279 Å². The van der Waals surface area contributed by atoms with E-state index in [9.17, 15) is 0 Å². The van der Waals surface area contributed by atoms with Crippen LogP contribution in [-0.4, -0.2) is 0 Å². The van der Waals surface area contributed by atoms with Crippen LogP contribution >= 0.6 is 0 Å². The molecule has 0 unspecified atom stereocenters. The normalized spacial score (nSPS) is 11.8. The lowest BCUT2D eigenvalue weighted by Gasteiger charge is -2.21. The van der Waals surface area contributed by atoms with Crippen LogP contribution in [0.25, 0.3) is 155 Å². The Labute approximate surface area is 431 Å². The van der Waals surface area contributed by atoms with E-state index in [4.69, 9.17) is 0 Å². The lowest BCUT2D eigenvalue weighted by molar-refractivity contribution is 1.56. The van der Waals surface area contributed by atoms with Gasteiger partial charge in [-0.25, -0.2) is 0 Å². The van der Waals surface area contributed by atoms with Crippen LogP contribution in [0, 0.1) is 0 Å². The maximum Gasteiger partial charge on any atom is -0.000740 e. The molecule has 2 aliphatic rings. The van der Waals surface area contributed by atoms with Crippen LogP contribution in [0.2, 0.25) is 0 Å². The minimum atomic E-state index is 1.21. The summed E-state index contributed by atoms with van der Waals surface area (Å²) in [5.74, 6) is 0. The zero-order chi connectivity index (χ0) is 48.7. The van der Waals surface area contributed by atoms with Crippen LogP contribution in [0.3, 0.4) is 0 Å². The van der Waals surface area contributed by atoms with E-state index in [-0.39, 0.29) is 0 Å². The highest BCUT2D eigenvalue weighted by molar-refractivity contribution is 6.33. The van der Waals surface area contributed by atoms with Gasteiger partial charge in [0.05, 0.1) is 0 Å². The quantitative estimate of drug-likeness (QED) is 0.142. The van der Waals surface area contributed by atoms with Gasteiger partial charge in [-0.3, -0.25) is 0 Å². The van der Waals surface area contributed by atoms with Gasteiger partial charge in [-0.15, -0.1) is 0 Å². The van der Waals surface area contributed by atoms with E-state index >= 15 is 0 Å². The minimum absolute atomic E-state index is 1.21. The van der Waals surface area contributed by atoms with Crippen molar-refractivity contribution in [2.24, 2.45) is 0 Å². The van der Waals surface area contributed by atoms with E-state index < -0.39 is 0 Å². The van der Waals surface area contributed by atoms with Gasteiger partial charge in [0.25, 0.3) is 0 Å². The average molecular weight is 935 g/mol. The Bertz CT molecular complexity index is 4100. The van der Waals surface area contributed by atoms with Gasteiger partial charge in [0.15, 0.2) is 0 Å². The van der Waals surface area contributed by atoms with Crippen molar-refractivity contribution in [3.63, 3.8) is 0 Å². The third-order valence-electron chi connectivity index (χ3n) is 15.7. The summed E-state index contributed by atoms with van der Waals surface area (Å²) in [4.78, 5) is 0. The molecule has 0 bridgehead atoms. The molecule has 2 aliphatic carbocycles. The van der Waals surface area contributed by atoms with Crippen LogP contribution < -0.4 is 0 Å². The number of fused-ring (bicyclic) bond motifs is 7. The largest absolute Gasteiger partial charge is 0.0622 e. The molecule has 0 nitrogen and oxygen atoms in total. The van der Waals surface area contributed by atoms with Crippen LogP contribution in [0.4, 0.5) is 0 Å². The zero-order valence-electron chi connectivity index (χ0n) is 40.6. The molecule has 15 rings (SSSR count). The summed E-state index contributed by atoms with van der Waals surface area (Å²) >= 11 is 0. The van der Waals surface area contributed by atoms with Gasteiger partial charge in [0, 0.05) is 0 Å². The average Bonchev–Trinajstić information content (AvgIpc) is 4.07. The second-order valence-electron chi connectivity index (χ2n) is 19.8. The molecule has 0 saturated carbocycles. The molecule has 0 fully saturated rings. The first-order valence-corrected chi connectivity index (χ1v) is 25.7. The summed E-state index contributed by atoms with van der Waals surface area (Å²) in [5.41, 5.74) is 29.9. The fourth-order valence-corrected chi connectivity index (χ4v) is 12.5. The van der Waals surface area contributed by atoms with Gasteiger partial charge in [0.1, 0.15) is 0 Å². The molecule has 0 heteroatoms. The minimum Gasteiger partial charge on any atom is -0.0622 e. The standard InChI is InChI=1S/C74H46/c1-5-19-47(20-6-1)51-27-15-31-55(43-51)59-37-38-60(56-32-16-28-52(44-56)48-21-7-2-8-22-48)70-64-40-42-66-72-65(41-39-63(69(59)70)71(64)72)73-67(57-33-17-29-53(45-57)49-23-9-3-10-24-49)61-35-13-14-36-62(61)68(74(66)73)58-34-18-30-54(46-58)50-25-11-4-12-26-50/h1-46H. The van der Waals surface area contributed by atoms with Gasteiger partial charge < -0.3 is 0 Å². The second kappa shape index (κ2) is 17.0. The Morgan fingerprint density at radius 3 is 0.716 bits per heavy atom. The Balaban J connectivity index is 1.03. The summed E-state index contributed by atoms with van der Waals surface area (Å²) in [5, 5.41) is 5.16. The van der Waals surface area contributed by atoms with Gasteiger partial charge in [-0.1, -0.05) is 255 Å². The van der Waals surface area contributed by atoms with Crippen molar-refractivity contribution in [1.82, 2.24) is 0 Å². The lowest BCUT2D eigenvalue weighted by atomic mass is 9.81. The lowest BCUT2D eigenvalue weighted by Crippen LogP contribution is -1.94.